The van der Waals surface area contributed by atoms with E-state index in [0.717, 1.165) is 6.42 Å². The molecule has 9 heavy (non-hydrogen) atoms. The predicted octanol–water partition coefficient (Wildman–Crippen LogP) is 2.93. The quantitative estimate of drug-likeness (QED) is 0.532. The highest BCUT2D eigenvalue weighted by molar-refractivity contribution is 7.84. The maximum atomic E-state index is 4.34. The Balaban J connectivity index is 2.70. The van der Waals surface area contributed by atoms with Crippen LogP contribution in [0.4, 0.5) is 0 Å². The van der Waals surface area contributed by atoms with Crippen molar-refractivity contribution in [2.45, 2.75) is 25.7 Å². The summed E-state index contributed by atoms with van der Waals surface area (Å²) in [5, 5.41) is 0. The number of allylic oxidation sites excluding steroid dienone is 3. The standard InChI is InChI=1S/C8H12S/c1-2-7-5-3-4-6-8(7)9/h2,9H,1,3-6H2. The molecule has 0 aromatic carbocycles. The molecule has 0 aromatic heterocycles. The van der Waals surface area contributed by atoms with Crippen molar-refractivity contribution in [3.05, 3.63) is 23.1 Å². The lowest BCUT2D eigenvalue weighted by atomic mass is 10.00. The van der Waals surface area contributed by atoms with Crippen LogP contribution in [0, 0.1) is 0 Å². The molecular formula is C8H12S. The molecule has 1 aliphatic rings. The molecular weight excluding hydrogens is 128 g/mol. The summed E-state index contributed by atoms with van der Waals surface area (Å²) in [5.74, 6) is 0. The van der Waals surface area contributed by atoms with Crippen LogP contribution in [0.3, 0.4) is 0 Å². The van der Waals surface area contributed by atoms with Gasteiger partial charge >= 0.3 is 0 Å². The van der Waals surface area contributed by atoms with E-state index in [2.05, 4.69) is 19.2 Å². The molecule has 50 valence electrons. The zero-order valence-electron chi connectivity index (χ0n) is 5.56. The van der Waals surface area contributed by atoms with Crippen molar-refractivity contribution in [2.75, 3.05) is 0 Å². The first-order valence-corrected chi connectivity index (χ1v) is 3.82. The second-order valence-corrected chi connectivity index (χ2v) is 2.92. The van der Waals surface area contributed by atoms with Gasteiger partial charge in [-0.2, -0.15) is 0 Å². The molecule has 0 aliphatic heterocycles. The lowest BCUT2D eigenvalue weighted by Crippen LogP contribution is -1.92. The highest BCUT2D eigenvalue weighted by Crippen LogP contribution is 2.27. The summed E-state index contributed by atoms with van der Waals surface area (Å²) in [7, 11) is 0. The number of rotatable bonds is 1. The normalized spacial score (nSPS) is 20.1. The Bertz CT molecular complexity index is 145. The molecule has 0 aromatic rings. The summed E-state index contributed by atoms with van der Waals surface area (Å²) in [4.78, 5) is 1.25. The third kappa shape index (κ3) is 1.62. The van der Waals surface area contributed by atoms with Gasteiger partial charge in [0, 0.05) is 0 Å². The van der Waals surface area contributed by atoms with Crippen molar-refractivity contribution in [1.29, 1.82) is 0 Å². The molecule has 0 N–H and O–H groups in total. The molecule has 0 bridgehead atoms. The fraction of sp³-hybridized carbons (Fsp3) is 0.500. The van der Waals surface area contributed by atoms with E-state index in [0.29, 0.717) is 0 Å². The van der Waals surface area contributed by atoms with Crippen LogP contribution in [0.2, 0.25) is 0 Å². The highest BCUT2D eigenvalue weighted by atomic mass is 32.1. The fourth-order valence-corrected chi connectivity index (χ4v) is 1.49. The minimum Gasteiger partial charge on any atom is -0.148 e. The average Bonchev–Trinajstić information content (AvgIpc) is 1.89. The topological polar surface area (TPSA) is 0 Å². The first kappa shape index (κ1) is 6.94. The van der Waals surface area contributed by atoms with Gasteiger partial charge in [-0.25, -0.2) is 0 Å². The van der Waals surface area contributed by atoms with Gasteiger partial charge in [-0.05, 0) is 36.2 Å². The van der Waals surface area contributed by atoms with Crippen LogP contribution in [-0.4, -0.2) is 0 Å². The summed E-state index contributed by atoms with van der Waals surface area (Å²) in [6, 6.07) is 0. The zero-order chi connectivity index (χ0) is 6.69. The van der Waals surface area contributed by atoms with Crippen LogP contribution in [0.25, 0.3) is 0 Å². The van der Waals surface area contributed by atoms with Crippen LogP contribution < -0.4 is 0 Å². The second-order valence-electron chi connectivity index (χ2n) is 2.38. The molecule has 0 radical (unpaired) electrons. The molecule has 0 amide bonds. The van der Waals surface area contributed by atoms with Crippen molar-refractivity contribution < 1.29 is 0 Å². The van der Waals surface area contributed by atoms with Crippen molar-refractivity contribution in [3.63, 3.8) is 0 Å². The van der Waals surface area contributed by atoms with E-state index >= 15 is 0 Å². The van der Waals surface area contributed by atoms with Crippen LogP contribution in [-0.2, 0) is 0 Å². The molecule has 0 spiro atoms. The van der Waals surface area contributed by atoms with E-state index in [1.165, 1.54) is 29.7 Å². The van der Waals surface area contributed by atoms with Gasteiger partial charge in [-0.1, -0.05) is 12.7 Å². The molecule has 0 unspecified atom stereocenters. The van der Waals surface area contributed by atoms with E-state index in [4.69, 9.17) is 0 Å². The highest BCUT2D eigenvalue weighted by Gasteiger charge is 2.05. The minimum absolute atomic E-state index is 1.16. The van der Waals surface area contributed by atoms with E-state index in [1.807, 2.05) is 6.08 Å². The van der Waals surface area contributed by atoms with Gasteiger partial charge in [0.2, 0.25) is 0 Å². The maximum Gasteiger partial charge on any atom is -0.0152 e. The predicted molar refractivity (Wildman–Crippen MR) is 44.7 cm³/mol. The van der Waals surface area contributed by atoms with Crippen LogP contribution in [0.5, 0.6) is 0 Å². The van der Waals surface area contributed by atoms with E-state index < -0.39 is 0 Å². The molecule has 0 nitrogen and oxygen atoms in total. The molecule has 0 heterocycles. The van der Waals surface area contributed by atoms with Gasteiger partial charge in [0.05, 0.1) is 0 Å². The largest absolute Gasteiger partial charge is 0.148 e. The monoisotopic (exact) mass is 140 g/mol. The summed E-state index contributed by atoms with van der Waals surface area (Å²) in [6.07, 6.45) is 6.88. The van der Waals surface area contributed by atoms with E-state index in [9.17, 15) is 0 Å². The first-order valence-electron chi connectivity index (χ1n) is 3.38. The zero-order valence-corrected chi connectivity index (χ0v) is 6.45. The molecule has 1 heteroatoms. The summed E-state index contributed by atoms with van der Waals surface area (Å²) in [5.41, 5.74) is 1.35. The van der Waals surface area contributed by atoms with E-state index in [-0.39, 0.29) is 0 Å². The van der Waals surface area contributed by atoms with Crippen molar-refractivity contribution in [3.8, 4) is 0 Å². The summed E-state index contributed by atoms with van der Waals surface area (Å²) in [6.45, 7) is 3.73. The Hall–Kier alpha value is -0.170. The number of thiol groups is 1. The Kier molecular flexibility index (Phi) is 2.40. The van der Waals surface area contributed by atoms with Crippen LogP contribution in [0.1, 0.15) is 25.7 Å². The van der Waals surface area contributed by atoms with E-state index in [1.54, 1.807) is 0 Å². The van der Waals surface area contributed by atoms with Gasteiger partial charge < -0.3 is 0 Å². The number of hydrogen-bond donors (Lipinski definition) is 1. The van der Waals surface area contributed by atoms with Gasteiger partial charge in [0.1, 0.15) is 0 Å². The molecule has 1 rings (SSSR count). The molecule has 0 saturated carbocycles. The van der Waals surface area contributed by atoms with Crippen molar-refractivity contribution in [1.82, 2.24) is 0 Å². The number of hydrogen-bond acceptors (Lipinski definition) is 1. The summed E-state index contributed by atoms with van der Waals surface area (Å²) < 4.78 is 0. The van der Waals surface area contributed by atoms with Crippen molar-refractivity contribution in [2.24, 2.45) is 0 Å². The third-order valence-corrected chi connectivity index (χ3v) is 2.24. The lowest BCUT2D eigenvalue weighted by Gasteiger charge is -2.12. The maximum absolute atomic E-state index is 4.34. The fourth-order valence-electron chi connectivity index (χ4n) is 1.13. The van der Waals surface area contributed by atoms with Crippen molar-refractivity contribution >= 4 is 12.6 Å². The van der Waals surface area contributed by atoms with Gasteiger partial charge in [0.25, 0.3) is 0 Å². The third-order valence-electron chi connectivity index (χ3n) is 1.73. The first-order chi connectivity index (χ1) is 4.34. The smallest absolute Gasteiger partial charge is 0.0152 e. The van der Waals surface area contributed by atoms with Gasteiger partial charge in [-0.15, -0.1) is 12.6 Å². The minimum atomic E-state index is 1.16. The average molecular weight is 140 g/mol. The Labute approximate surface area is 62.1 Å². The Morgan fingerprint density at radius 2 is 2.00 bits per heavy atom. The van der Waals surface area contributed by atoms with Crippen LogP contribution >= 0.6 is 12.6 Å². The van der Waals surface area contributed by atoms with Gasteiger partial charge in [-0.3, -0.25) is 0 Å². The molecule has 1 aliphatic carbocycles. The second kappa shape index (κ2) is 3.11. The Morgan fingerprint density at radius 3 is 2.44 bits per heavy atom. The summed E-state index contributed by atoms with van der Waals surface area (Å²) >= 11 is 4.34. The molecule has 0 fully saturated rings. The lowest BCUT2D eigenvalue weighted by molar-refractivity contribution is 0.706. The van der Waals surface area contributed by atoms with Crippen LogP contribution in [0.15, 0.2) is 23.1 Å². The molecule has 0 atom stereocenters. The SMILES string of the molecule is C=CC1=C(S)CCCC1. The molecule has 0 saturated heterocycles. The van der Waals surface area contributed by atoms with Gasteiger partial charge in [0.15, 0.2) is 0 Å². The Morgan fingerprint density at radius 1 is 1.33 bits per heavy atom.